The zero-order valence-electron chi connectivity index (χ0n) is 15.7. The van der Waals surface area contributed by atoms with E-state index in [9.17, 15) is 14.0 Å². The van der Waals surface area contributed by atoms with E-state index in [1.165, 1.54) is 52.9 Å². The number of thiazole rings is 1. The van der Waals surface area contributed by atoms with E-state index in [0.29, 0.717) is 10.8 Å². The highest BCUT2D eigenvalue weighted by Crippen LogP contribution is 2.22. The number of nitrogens with one attached hydrogen (secondary N) is 2. The van der Waals surface area contributed by atoms with E-state index in [-0.39, 0.29) is 23.4 Å². The summed E-state index contributed by atoms with van der Waals surface area (Å²) < 4.78 is 12.9. The topological polar surface area (TPSA) is 71.1 Å². The van der Waals surface area contributed by atoms with Crippen LogP contribution in [0.4, 0.5) is 15.2 Å². The van der Waals surface area contributed by atoms with Gasteiger partial charge in [-0.2, -0.15) is 0 Å². The van der Waals surface area contributed by atoms with E-state index in [4.69, 9.17) is 0 Å². The van der Waals surface area contributed by atoms with E-state index in [2.05, 4.69) is 15.6 Å². The van der Waals surface area contributed by atoms with E-state index in [1.807, 2.05) is 30.3 Å². The number of amides is 2. The Kier molecular flexibility index (Phi) is 7.37. The molecule has 2 N–H and O–H groups in total. The van der Waals surface area contributed by atoms with Gasteiger partial charge in [-0.1, -0.05) is 30.3 Å². The number of aromatic nitrogens is 1. The molecule has 3 rings (SSSR count). The van der Waals surface area contributed by atoms with Gasteiger partial charge in [0.1, 0.15) is 5.82 Å². The molecule has 0 bridgehead atoms. The van der Waals surface area contributed by atoms with Crippen LogP contribution < -0.4 is 10.6 Å². The molecule has 5 nitrogen and oxygen atoms in total. The molecule has 1 atom stereocenters. The molecule has 29 heavy (non-hydrogen) atoms. The minimum Gasteiger partial charge on any atom is -0.325 e. The molecule has 2 aromatic carbocycles. The number of nitrogens with zero attached hydrogens (tertiary/aromatic N) is 1. The molecular formula is C21H20FN3O2S2. The van der Waals surface area contributed by atoms with Crippen LogP contribution in [0.3, 0.4) is 0 Å². The number of halogens is 1. The number of thioether (sulfide) groups is 1. The van der Waals surface area contributed by atoms with Crippen molar-refractivity contribution in [3.05, 3.63) is 77.1 Å². The average molecular weight is 430 g/mol. The first kappa shape index (κ1) is 21.0. The van der Waals surface area contributed by atoms with Crippen molar-refractivity contribution in [1.82, 2.24) is 4.98 Å². The SMILES string of the molecule is CC(SCC(=O)Nc1ccc(F)cc1)C(=O)Nc1ncc(Cc2ccccc2)s1. The third-order valence-corrected chi connectivity index (χ3v) is 6.02. The van der Waals surface area contributed by atoms with Crippen LogP contribution in [-0.4, -0.2) is 27.8 Å². The van der Waals surface area contributed by atoms with Crippen LogP contribution in [0.5, 0.6) is 0 Å². The van der Waals surface area contributed by atoms with Gasteiger partial charge in [0.05, 0.1) is 11.0 Å². The van der Waals surface area contributed by atoms with Crippen LogP contribution in [0.25, 0.3) is 0 Å². The van der Waals surface area contributed by atoms with Crippen LogP contribution in [0.2, 0.25) is 0 Å². The highest BCUT2D eigenvalue weighted by atomic mass is 32.2. The second-order valence-electron chi connectivity index (χ2n) is 6.29. The highest BCUT2D eigenvalue weighted by Gasteiger charge is 2.17. The maximum absolute atomic E-state index is 12.9. The summed E-state index contributed by atoms with van der Waals surface area (Å²) >= 11 is 2.66. The zero-order chi connectivity index (χ0) is 20.6. The van der Waals surface area contributed by atoms with Crippen LogP contribution in [-0.2, 0) is 16.0 Å². The first-order valence-electron chi connectivity index (χ1n) is 8.96. The molecule has 0 saturated carbocycles. The molecule has 0 radical (unpaired) electrons. The molecule has 0 aliphatic carbocycles. The lowest BCUT2D eigenvalue weighted by atomic mass is 10.1. The normalized spacial score (nSPS) is 11.7. The van der Waals surface area contributed by atoms with Gasteiger partial charge in [-0.15, -0.1) is 23.1 Å². The number of rotatable bonds is 8. The third kappa shape index (κ3) is 6.69. The molecule has 150 valence electrons. The zero-order valence-corrected chi connectivity index (χ0v) is 17.4. The Morgan fingerprint density at radius 2 is 1.83 bits per heavy atom. The lowest BCUT2D eigenvalue weighted by Crippen LogP contribution is -2.24. The van der Waals surface area contributed by atoms with Crippen molar-refractivity contribution < 1.29 is 14.0 Å². The summed E-state index contributed by atoms with van der Waals surface area (Å²) in [5, 5.41) is 5.60. The van der Waals surface area contributed by atoms with Gasteiger partial charge in [0.2, 0.25) is 11.8 Å². The highest BCUT2D eigenvalue weighted by molar-refractivity contribution is 8.01. The molecule has 0 saturated heterocycles. The van der Waals surface area contributed by atoms with Gasteiger partial charge in [-0.3, -0.25) is 9.59 Å². The van der Waals surface area contributed by atoms with E-state index in [0.717, 1.165) is 11.3 Å². The predicted octanol–water partition coefficient (Wildman–Crippen LogP) is 4.57. The Morgan fingerprint density at radius 1 is 1.10 bits per heavy atom. The van der Waals surface area contributed by atoms with Gasteiger partial charge >= 0.3 is 0 Å². The molecule has 0 aliphatic heterocycles. The van der Waals surface area contributed by atoms with Crippen LogP contribution >= 0.6 is 23.1 Å². The van der Waals surface area contributed by atoms with Crippen molar-refractivity contribution in [2.75, 3.05) is 16.4 Å². The first-order valence-corrected chi connectivity index (χ1v) is 10.8. The quantitative estimate of drug-likeness (QED) is 0.550. The number of carbonyl (C=O) groups is 2. The van der Waals surface area contributed by atoms with Crippen molar-refractivity contribution in [1.29, 1.82) is 0 Å². The number of anilines is 2. The first-order chi connectivity index (χ1) is 14.0. The lowest BCUT2D eigenvalue weighted by Gasteiger charge is -2.10. The summed E-state index contributed by atoms with van der Waals surface area (Å²) in [5.74, 6) is -0.703. The van der Waals surface area contributed by atoms with Crippen LogP contribution in [0.15, 0.2) is 60.8 Å². The van der Waals surface area contributed by atoms with Gasteiger partial charge in [-0.25, -0.2) is 9.37 Å². The Labute approximate surface area is 176 Å². The van der Waals surface area contributed by atoms with Crippen molar-refractivity contribution in [3.8, 4) is 0 Å². The predicted molar refractivity (Wildman–Crippen MR) is 117 cm³/mol. The molecule has 1 aromatic heterocycles. The molecular weight excluding hydrogens is 409 g/mol. The number of hydrogen-bond acceptors (Lipinski definition) is 5. The summed E-state index contributed by atoms with van der Waals surface area (Å²) in [6, 6.07) is 15.6. The monoisotopic (exact) mass is 429 g/mol. The molecule has 2 amide bonds. The number of carbonyl (C=O) groups excluding carboxylic acids is 2. The second-order valence-corrected chi connectivity index (χ2v) is 8.74. The summed E-state index contributed by atoms with van der Waals surface area (Å²) in [7, 11) is 0. The van der Waals surface area contributed by atoms with Crippen LogP contribution in [0.1, 0.15) is 17.4 Å². The standard InChI is InChI=1S/C21H20FN3O2S2/c1-14(28-13-19(26)24-17-9-7-16(22)8-10-17)20(27)25-21-23-12-18(29-21)11-15-5-3-2-4-6-15/h2-10,12,14H,11,13H2,1H3,(H,24,26)(H,23,25,27). The summed E-state index contributed by atoms with van der Waals surface area (Å²) in [6.45, 7) is 1.74. The molecule has 1 heterocycles. The number of benzene rings is 2. The minimum absolute atomic E-state index is 0.114. The fraction of sp³-hybridized carbons (Fsp3) is 0.190. The lowest BCUT2D eigenvalue weighted by molar-refractivity contribution is -0.115. The van der Waals surface area contributed by atoms with Gasteiger partial charge in [0.15, 0.2) is 5.13 Å². The van der Waals surface area contributed by atoms with Crippen LogP contribution in [0, 0.1) is 5.82 Å². The molecule has 0 aliphatic rings. The molecule has 0 fully saturated rings. The Balaban J connectivity index is 1.44. The third-order valence-electron chi connectivity index (χ3n) is 3.97. The fourth-order valence-corrected chi connectivity index (χ4v) is 3.99. The minimum atomic E-state index is -0.421. The van der Waals surface area contributed by atoms with Gasteiger partial charge in [0, 0.05) is 23.2 Å². The Bertz CT molecular complexity index is 962. The Hall–Kier alpha value is -2.71. The average Bonchev–Trinajstić information content (AvgIpc) is 3.15. The second kappa shape index (κ2) is 10.2. The van der Waals surface area contributed by atoms with Crippen molar-refractivity contribution in [2.24, 2.45) is 0 Å². The van der Waals surface area contributed by atoms with Gasteiger partial charge in [-0.05, 0) is 36.8 Å². The van der Waals surface area contributed by atoms with Crippen molar-refractivity contribution in [2.45, 2.75) is 18.6 Å². The van der Waals surface area contributed by atoms with E-state index in [1.54, 1.807) is 13.1 Å². The Morgan fingerprint density at radius 3 is 2.55 bits per heavy atom. The smallest absolute Gasteiger partial charge is 0.239 e. The maximum Gasteiger partial charge on any atom is 0.239 e. The van der Waals surface area contributed by atoms with Gasteiger partial charge < -0.3 is 10.6 Å². The van der Waals surface area contributed by atoms with Crippen molar-refractivity contribution >= 4 is 45.7 Å². The molecule has 8 heteroatoms. The summed E-state index contributed by atoms with van der Waals surface area (Å²) in [4.78, 5) is 29.7. The van der Waals surface area contributed by atoms with Crippen molar-refractivity contribution in [3.63, 3.8) is 0 Å². The summed E-state index contributed by atoms with van der Waals surface area (Å²) in [5.41, 5.74) is 1.70. The fourth-order valence-electron chi connectivity index (χ4n) is 2.46. The van der Waals surface area contributed by atoms with E-state index >= 15 is 0 Å². The van der Waals surface area contributed by atoms with Gasteiger partial charge in [0.25, 0.3) is 0 Å². The molecule has 1 unspecified atom stereocenters. The summed E-state index contributed by atoms with van der Waals surface area (Å²) in [6.07, 6.45) is 2.53. The molecule has 0 spiro atoms. The largest absolute Gasteiger partial charge is 0.325 e. The molecule has 3 aromatic rings. The van der Waals surface area contributed by atoms with E-state index < -0.39 is 5.25 Å². The number of hydrogen-bond donors (Lipinski definition) is 2. The maximum atomic E-state index is 12.9.